The first-order valence-corrected chi connectivity index (χ1v) is 7.20. The summed E-state index contributed by atoms with van der Waals surface area (Å²) in [6, 6.07) is 12.9. The lowest BCUT2D eigenvalue weighted by molar-refractivity contribution is -0.510. The van der Waals surface area contributed by atoms with Crippen LogP contribution in [0.15, 0.2) is 54.6 Å². The normalized spacial score (nSPS) is 19.1. The molecule has 3 heterocycles. The van der Waals surface area contributed by atoms with Crippen LogP contribution >= 0.6 is 0 Å². The summed E-state index contributed by atoms with van der Waals surface area (Å²) < 4.78 is 13.4. The van der Waals surface area contributed by atoms with Crippen molar-refractivity contribution in [3.05, 3.63) is 65.7 Å². The summed E-state index contributed by atoms with van der Waals surface area (Å²) in [7, 11) is 0. The Kier molecular flexibility index (Phi) is 3.31. The molecule has 3 aromatic rings. The van der Waals surface area contributed by atoms with Gasteiger partial charge >= 0.3 is 0 Å². The van der Waals surface area contributed by atoms with Gasteiger partial charge in [0.15, 0.2) is 19.2 Å². The molecule has 1 unspecified atom stereocenters. The van der Waals surface area contributed by atoms with Gasteiger partial charge in [0.2, 0.25) is 5.52 Å². The number of benzene rings is 1. The molecular weight excluding hydrogens is 389 g/mol. The van der Waals surface area contributed by atoms with E-state index in [1.54, 1.807) is 0 Å². The Morgan fingerprint density at radius 1 is 1.09 bits per heavy atom. The molecule has 1 aliphatic carbocycles. The number of hydrogen-bond donors (Lipinski definition) is 0. The van der Waals surface area contributed by atoms with E-state index in [9.17, 15) is 0 Å². The number of hydrogen-bond acceptors (Lipinski definition) is 2. The second kappa shape index (κ2) is 5.21. The minimum absolute atomic E-state index is 0. The fourth-order valence-electron chi connectivity index (χ4n) is 3.31. The standard InChI is InChI=1S/C18H14NO2.HI/c1-2-4-14-10-19-6-5-13-8-17-18(21-11-20-17)9-15(13)16(19)7-12(14)3-1;/h1-7,9-10,17H,8,11H2;1H/q+1;/p-1. The Hall–Kier alpha value is -1.66. The molecule has 4 heteroatoms. The van der Waals surface area contributed by atoms with Gasteiger partial charge in [-0.05, 0) is 23.1 Å². The lowest BCUT2D eigenvalue weighted by Gasteiger charge is -2.16. The first-order chi connectivity index (χ1) is 10.4. The van der Waals surface area contributed by atoms with E-state index < -0.39 is 0 Å². The summed E-state index contributed by atoms with van der Waals surface area (Å²) in [5, 5.41) is 2.51. The minimum Gasteiger partial charge on any atom is -1.00 e. The fourth-order valence-corrected chi connectivity index (χ4v) is 3.31. The van der Waals surface area contributed by atoms with Gasteiger partial charge in [0.05, 0.1) is 5.56 Å². The van der Waals surface area contributed by atoms with Crippen molar-refractivity contribution < 1.29 is 37.9 Å². The number of pyridine rings is 2. The molecule has 1 aromatic carbocycles. The van der Waals surface area contributed by atoms with Gasteiger partial charge in [-0.1, -0.05) is 18.2 Å². The molecule has 3 nitrogen and oxygen atoms in total. The zero-order valence-electron chi connectivity index (χ0n) is 11.8. The molecule has 0 amide bonds. The molecule has 1 saturated heterocycles. The van der Waals surface area contributed by atoms with Crippen molar-refractivity contribution in [2.24, 2.45) is 0 Å². The summed E-state index contributed by atoms with van der Waals surface area (Å²) in [6.45, 7) is 0.374. The van der Waals surface area contributed by atoms with Gasteiger partial charge in [-0.25, -0.2) is 0 Å². The lowest BCUT2D eigenvalue weighted by Crippen LogP contribution is -3.00. The van der Waals surface area contributed by atoms with Gasteiger partial charge in [0.1, 0.15) is 11.9 Å². The number of fused-ring (bicyclic) bond motifs is 5. The van der Waals surface area contributed by atoms with Crippen molar-refractivity contribution in [2.75, 3.05) is 6.79 Å². The van der Waals surface area contributed by atoms with Crippen LogP contribution in [0.5, 0.6) is 0 Å². The maximum Gasteiger partial charge on any atom is 0.218 e. The average molecular weight is 403 g/mol. The zero-order valence-corrected chi connectivity index (χ0v) is 14.0. The molecule has 22 heavy (non-hydrogen) atoms. The van der Waals surface area contributed by atoms with Crippen molar-refractivity contribution in [2.45, 2.75) is 12.5 Å². The van der Waals surface area contributed by atoms with Crippen LogP contribution in [0, 0.1) is 0 Å². The number of rotatable bonds is 0. The number of halogens is 1. The molecule has 0 radical (unpaired) electrons. The largest absolute Gasteiger partial charge is 1.00 e. The molecule has 2 aliphatic rings. The summed E-state index contributed by atoms with van der Waals surface area (Å²) in [6.07, 6.45) is 7.45. The molecule has 1 atom stereocenters. The van der Waals surface area contributed by atoms with Crippen LogP contribution in [0.3, 0.4) is 0 Å². The number of ether oxygens (including phenoxy) is 2. The quantitative estimate of drug-likeness (QED) is 0.296. The molecule has 110 valence electrons. The molecule has 0 N–H and O–H groups in total. The Balaban J connectivity index is 0.00000125. The van der Waals surface area contributed by atoms with Crippen molar-refractivity contribution in [3.63, 3.8) is 0 Å². The topological polar surface area (TPSA) is 22.6 Å². The van der Waals surface area contributed by atoms with Crippen LogP contribution in [0.4, 0.5) is 0 Å². The highest BCUT2D eigenvalue weighted by Gasteiger charge is 2.30. The van der Waals surface area contributed by atoms with E-state index in [1.165, 1.54) is 27.4 Å². The third-order valence-electron chi connectivity index (χ3n) is 4.41. The van der Waals surface area contributed by atoms with Crippen LogP contribution in [-0.2, 0) is 15.9 Å². The van der Waals surface area contributed by atoms with Gasteiger partial charge in [0.25, 0.3) is 0 Å². The monoisotopic (exact) mass is 403 g/mol. The zero-order chi connectivity index (χ0) is 13.8. The maximum absolute atomic E-state index is 5.60. The molecule has 1 aliphatic heterocycles. The first kappa shape index (κ1) is 14.0. The Morgan fingerprint density at radius 3 is 2.86 bits per heavy atom. The van der Waals surface area contributed by atoms with Crippen molar-refractivity contribution in [1.29, 1.82) is 0 Å². The molecule has 0 spiro atoms. The highest BCUT2D eigenvalue weighted by atomic mass is 127. The number of aromatic nitrogens is 1. The Morgan fingerprint density at radius 2 is 1.95 bits per heavy atom. The molecule has 1 fully saturated rings. The predicted octanol–water partition coefficient (Wildman–Crippen LogP) is -0.148. The van der Waals surface area contributed by atoms with E-state index in [2.05, 4.69) is 59.3 Å². The molecule has 2 aromatic heterocycles. The van der Waals surface area contributed by atoms with Crippen LogP contribution in [-0.4, -0.2) is 12.9 Å². The van der Waals surface area contributed by atoms with Gasteiger partial charge in [-0.3, -0.25) is 0 Å². The molecule has 0 bridgehead atoms. The second-order valence-electron chi connectivity index (χ2n) is 5.62. The van der Waals surface area contributed by atoms with E-state index in [0.717, 1.165) is 12.2 Å². The van der Waals surface area contributed by atoms with Gasteiger partial charge < -0.3 is 33.5 Å². The van der Waals surface area contributed by atoms with Crippen LogP contribution < -0.4 is 28.4 Å². The van der Waals surface area contributed by atoms with Gasteiger partial charge in [-0.15, -0.1) is 0 Å². The number of nitrogens with zero attached hydrogens (tertiary/aromatic N) is 1. The van der Waals surface area contributed by atoms with E-state index in [0.29, 0.717) is 6.79 Å². The van der Waals surface area contributed by atoms with Crippen LogP contribution in [0.2, 0.25) is 0 Å². The first-order valence-electron chi connectivity index (χ1n) is 7.20. The van der Waals surface area contributed by atoms with Crippen molar-refractivity contribution in [1.82, 2.24) is 0 Å². The van der Waals surface area contributed by atoms with Crippen molar-refractivity contribution in [3.8, 4) is 0 Å². The highest BCUT2D eigenvalue weighted by Crippen LogP contribution is 2.32. The van der Waals surface area contributed by atoms with E-state index in [4.69, 9.17) is 9.47 Å². The molecule has 0 saturated carbocycles. The van der Waals surface area contributed by atoms with Gasteiger partial charge in [-0.2, -0.15) is 4.40 Å². The third-order valence-corrected chi connectivity index (χ3v) is 4.41. The summed E-state index contributed by atoms with van der Waals surface area (Å²) in [5.74, 6) is 0.962. The average Bonchev–Trinajstić information content (AvgIpc) is 2.98. The Bertz CT molecular complexity index is 919. The SMILES string of the molecule is C1=C2OCOC2Cc2cc[n+]3cc4ccccc4cc3c21.[I-]. The molecule has 5 rings (SSSR count). The second-order valence-corrected chi connectivity index (χ2v) is 5.62. The smallest absolute Gasteiger partial charge is 0.218 e. The van der Waals surface area contributed by atoms with E-state index in [-0.39, 0.29) is 30.1 Å². The predicted molar refractivity (Wildman–Crippen MR) is 79.6 cm³/mol. The lowest BCUT2D eigenvalue weighted by atomic mass is 9.94. The summed E-state index contributed by atoms with van der Waals surface area (Å²) in [5.41, 5.74) is 3.79. The Labute approximate surface area is 145 Å². The van der Waals surface area contributed by atoms with Gasteiger partial charge in [0, 0.05) is 23.9 Å². The summed E-state index contributed by atoms with van der Waals surface area (Å²) in [4.78, 5) is 0. The molecular formula is C18H14INO2. The minimum atomic E-state index is 0. The highest BCUT2D eigenvalue weighted by molar-refractivity contribution is 5.86. The summed E-state index contributed by atoms with van der Waals surface area (Å²) >= 11 is 0. The van der Waals surface area contributed by atoms with Crippen LogP contribution in [0.25, 0.3) is 22.4 Å². The van der Waals surface area contributed by atoms with Crippen molar-refractivity contribution >= 4 is 22.4 Å². The van der Waals surface area contributed by atoms with E-state index in [1.807, 2.05) is 0 Å². The third kappa shape index (κ3) is 2.01. The fraction of sp³-hybridized carbons (Fsp3) is 0.167. The van der Waals surface area contributed by atoms with Crippen LogP contribution in [0.1, 0.15) is 11.1 Å². The maximum atomic E-state index is 5.60. The van der Waals surface area contributed by atoms with E-state index >= 15 is 0 Å².